The molecule has 0 fully saturated rings. The summed E-state index contributed by atoms with van der Waals surface area (Å²) in [5.74, 6) is -0.193. The average Bonchev–Trinajstić information content (AvgIpc) is 3.04. The van der Waals surface area contributed by atoms with Gasteiger partial charge in [0.05, 0.1) is 17.6 Å². The number of thioether (sulfide) groups is 1. The normalized spacial score (nSPS) is 11.8. The van der Waals surface area contributed by atoms with Gasteiger partial charge in [0.15, 0.2) is 5.95 Å². The van der Waals surface area contributed by atoms with E-state index in [1.54, 1.807) is 62.6 Å². The Balaban J connectivity index is 1.75. The molecule has 7 nitrogen and oxygen atoms in total. The highest BCUT2D eigenvalue weighted by molar-refractivity contribution is 8.00. The summed E-state index contributed by atoms with van der Waals surface area (Å²) in [7, 11) is 1.57. The van der Waals surface area contributed by atoms with Gasteiger partial charge in [0, 0.05) is 22.8 Å². The Morgan fingerprint density at radius 2 is 1.93 bits per heavy atom. The molecular weight excluding hydrogens is 390 g/mol. The molecule has 0 radical (unpaired) electrons. The third-order valence-corrected chi connectivity index (χ3v) is 5.04. The lowest BCUT2D eigenvalue weighted by Gasteiger charge is -2.10. The van der Waals surface area contributed by atoms with Gasteiger partial charge in [-0.05, 0) is 59.8 Å². The van der Waals surface area contributed by atoms with Crippen LogP contribution in [-0.4, -0.2) is 23.5 Å². The Morgan fingerprint density at radius 1 is 1.26 bits per heavy atom. The molecule has 140 valence electrons. The lowest BCUT2D eigenvalue weighted by molar-refractivity contribution is -0.705. The second kappa shape index (κ2) is 8.32. The van der Waals surface area contributed by atoms with Crippen LogP contribution in [0.25, 0.3) is 5.69 Å². The van der Waals surface area contributed by atoms with Crippen molar-refractivity contribution in [3.8, 4) is 17.4 Å². The molecule has 2 aromatic carbocycles. The molecule has 1 heterocycles. The van der Waals surface area contributed by atoms with Crippen LogP contribution in [0.3, 0.4) is 0 Å². The van der Waals surface area contributed by atoms with Crippen molar-refractivity contribution in [2.75, 3.05) is 12.4 Å². The minimum atomic E-state index is -0.609. The molecule has 1 unspecified atom stereocenters. The number of nitrogens with one attached hydrogen (secondary N) is 1. The summed E-state index contributed by atoms with van der Waals surface area (Å²) >= 11 is 6.90. The summed E-state index contributed by atoms with van der Waals surface area (Å²) in [5.41, 5.74) is 1.24. The van der Waals surface area contributed by atoms with Gasteiger partial charge >= 0.3 is 0 Å². The predicted octanol–water partition coefficient (Wildman–Crippen LogP) is 2.81. The number of hydrogen-bond donors (Lipinski definition) is 1. The molecule has 1 amide bonds. The van der Waals surface area contributed by atoms with Crippen molar-refractivity contribution >= 4 is 35.0 Å². The van der Waals surface area contributed by atoms with Gasteiger partial charge in [-0.25, -0.2) is 0 Å². The maximum atomic E-state index is 12.4. The Hall–Kier alpha value is -2.71. The second-order valence-electron chi connectivity index (χ2n) is 5.53. The van der Waals surface area contributed by atoms with E-state index in [9.17, 15) is 9.90 Å². The van der Waals surface area contributed by atoms with Gasteiger partial charge in [-0.3, -0.25) is 4.79 Å². The highest BCUT2D eigenvalue weighted by atomic mass is 35.5. The predicted molar refractivity (Wildman–Crippen MR) is 99.4 cm³/mol. The topological polar surface area (TPSA) is 91.3 Å². The van der Waals surface area contributed by atoms with E-state index >= 15 is 0 Å². The number of hydrogen-bond acceptors (Lipinski definition) is 6. The molecule has 27 heavy (non-hydrogen) atoms. The number of ether oxygens (including phenoxy) is 1. The van der Waals surface area contributed by atoms with Gasteiger partial charge in [0.1, 0.15) is 5.75 Å². The Morgan fingerprint density at radius 3 is 2.56 bits per heavy atom. The van der Waals surface area contributed by atoms with Crippen molar-refractivity contribution in [2.24, 2.45) is 0 Å². The van der Waals surface area contributed by atoms with E-state index in [-0.39, 0.29) is 10.9 Å². The first-order valence-electron chi connectivity index (χ1n) is 7.94. The highest BCUT2D eigenvalue weighted by Gasteiger charge is 2.26. The quantitative estimate of drug-likeness (QED) is 0.501. The maximum absolute atomic E-state index is 12.4. The molecule has 3 aromatic rings. The first-order valence-corrected chi connectivity index (χ1v) is 9.20. The minimum Gasteiger partial charge on any atom is -0.538 e. The van der Waals surface area contributed by atoms with E-state index < -0.39 is 11.2 Å². The number of nitrogens with zero attached hydrogens (tertiary/aromatic N) is 2. The smallest absolute Gasteiger partial charge is 0.298 e. The van der Waals surface area contributed by atoms with Crippen LogP contribution in [0, 0.1) is 0 Å². The largest absolute Gasteiger partial charge is 0.538 e. The number of carbonyl (C=O) groups excluding carboxylic acids is 1. The lowest BCUT2D eigenvalue weighted by Crippen LogP contribution is -2.36. The van der Waals surface area contributed by atoms with Crippen molar-refractivity contribution in [2.45, 2.75) is 17.2 Å². The van der Waals surface area contributed by atoms with Crippen LogP contribution in [0.15, 0.2) is 58.1 Å². The number of benzene rings is 2. The molecule has 1 aromatic heterocycles. The Kier molecular flexibility index (Phi) is 5.88. The van der Waals surface area contributed by atoms with Crippen molar-refractivity contribution < 1.29 is 23.8 Å². The van der Waals surface area contributed by atoms with Gasteiger partial charge in [-0.15, -0.1) is 0 Å². The summed E-state index contributed by atoms with van der Waals surface area (Å²) in [5, 5.41) is 18.8. The molecular formula is C18H16ClN3O4S. The Bertz CT molecular complexity index is 929. The highest BCUT2D eigenvalue weighted by Crippen LogP contribution is 2.28. The SMILES string of the molecule is COc1ccc(-[n+]2noc([O-])c2SC(C)C(=O)Nc2ccc(Cl)cc2)cc1. The molecule has 0 spiro atoms. The van der Waals surface area contributed by atoms with Crippen LogP contribution in [0.2, 0.25) is 5.02 Å². The molecule has 0 saturated carbocycles. The lowest BCUT2D eigenvalue weighted by atomic mass is 10.3. The number of methoxy groups -OCH3 is 1. The van der Waals surface area contributed by atoms with E-state index in [4.69, 9.17) is 20.9 Å². The summed E-state index contributed by atoms with van der Waals surface area (Å²) < 4.78 is 11.3. The van der Waals surface area contributed by atoms with Crippen LogP contribution in [0.1, 0.15) is 6.92 Å². The summed E-state index contributed by atoms with van der Waals surface area (Å²) in [6.45, 7) is 1.70. The minimum absolute atomic E-state index is 0.207. The fraction of sp³-hybridized carbons (Fsp3) is 0.167. The molecule has 0 aliphatic heterocycles. The van der Waals surface area contributed by atoms with Gasteiger partial charge in [-0.2, -0.15) is 0 Å². The molecule has 0 saturated heterocycles. The number of halogens is 1. The first kappa shape index (κ1) is 19.1. The van der Waals surface area contributed by atoms with Crippen molar-refractivity contribution in [1.82, 2.24) is 5.27 Å². The number of carbonyl (C=O) groups is 1. The first-order chi connectivity index (χ1) is 13.0. The third kappa shape index (κ3) is 4.53. The van der Waals surface area contributed by atoms with E-state index in [1.807, 2.05) is 0 Å². The second-order valence-corrected chi connectivity index (χ2v) is 7.30. The monoisotopic (exact) mass is 405 g/mol. The zero-order valence-corrected chi connectivity index (χ0v) is 16.1. The number of rotatable bonds is 6. The van der Waals surface area contributed by atoms with Crippen LogP contribution < -0.4 is 19.8 Å². The number of anilines is 1. The van der Waals surface area contributed by atoms with Crippen LogP contribution in [0.4, 0.5) is 5.69 Å². The fourth-order valence-electron chi connectivity index (χ4n) is 2.22. The fourth-order valence-corrected chi connectivity index (χ4v) is 3.22. The van der Waals surface area contributed by atoms with Crippen molar-refractivity contribution in [1.29, 1.82) is 0 Å². The van der Waals surface area contributed by atoms with Crippen LogP contribution in [-0.2, 0) is 4.79 Å². The molecule has 9 heteroatoms. The van der Waals surface area contributed by atoms with E-state index in [0.717, 1.165) is 11.8 Å². The Labute approximate surface area is 164 Å². The molecule has 3 rings (SSSR count). The molecule has 0 bridgehead atoms. The number of amides is 1. The van der Waals surface area contributed by atoms with Crippen LogP contribution in [0.5, 0.6) is 11.7 Å². The molecule has 1 N–H and O–H groups in total. The van der Waals surface area contributed by atoms with E-state index in [1.165, 1.54) is 4.68 Å². The standard InChI is InChI=1S/C18H16ClN3O4S/c1-11(16(23)20-13-5-3-12(19)4-6-13)27-17-18(24)26-21-22(17)14-7-9-15(25-2)10-8-14/h3-11H,1-2H3,(H-,20,21,23,24). The van der Waals surface area contributed by atoms with Crippen molar-refractivity contribution in [3.05, 3.63) is 53.6 Å². The van der Waals surface area contributed by atoms with Gasteiger partial charge in [0.2, 0.25) is 11.6 Å². The number of aromatic nitrogens is 2. The van der Waals surface area contributed by atoms with Crippen LogP contribution >= 0.6 is 23.4 Å². The van der Waals surface area contributed by atoms with E-state index in [0.29, 0.717) is 22.1 Å². The van der Waals surface area contributed by atoms with Gasteiger partial charge in [-0.1, -0.05) is 11.6 Å². The summed E-state index contributed by atoms with van der Waals surface area (Å²) in [6.07, 6.45) is 0. The van der Waals surface area contributed by atoms with Gasteiger partial charge in [0.25, 0.3) is 5.03 Å². The van der Waals surface area contributed by atoms with Gasteiger partial charge < -0.3 is 19.7 Å². The summed E-state index contributed by atoms with van der Waals surface area (Å²) in [4.78, 5) is 12.4. The molecule has 1 atom stereocenters. The zero-order valence-electron chi connectivity index (χ0n) is 14.5. The average molecular weight is 406 g/mol. The third-order valence-electron chi connectivity index (χ3n) is 3.66. The zero-order chi connectivity index (χ0) is 19.4. The summed E-state index contributed by atoms with van der Waals surface area (Å²) in [6, 6.07) is 13.7. The van der Waals surface area contributed by atoms with Crippen molar-refractivity contribution in [3.63, 3.8) is 0 Å². The molecule has 0 aliphatic carbocycles. The molecule has 0 aliphatic rings. The maximum Gasteiger partial charge on any atom is 0.298 e. The van der Waals surface area contributed by atoms with E-state index in [2.05, 4.69) is 10.6 Å².